The average molecular weight is 426 g/mol. The number of rotatable bonds is 4. The minimum Gasteiger partial charge on any atom is -0.324 e. The molecule has 0 bridgehead atoms. The van der Waals surface area contributed by atoms with Gasteiger partial charge in [0.15, 0.2) is 16.7 Å². The number of hydrogen-bond acceptors (Lipinski definition) is 6. The molecule has 1 aromatic heterocycles. The summed E-state index contributed by atoms with van der Waals surface area (Å²) in [4.78, 5) is 55.5. The fourth-order valence-corrected chi connectivity index (χ4v) is 3.82. The number of ketones is 2. The van der Waals surface area contributed by atoms with Crippen LogP contribution in [0.1, 0.15) is 31.8 Å². The first kappa shape index (κ1) is 19.1. The fraction of sp³-hybridized carbons (Fsp3) is 0.0500. The maximum atomic E-state index is 12.8. The Morgan fingerprint density at radius 1 is 1.00 bits per heavy atom. The number of H-pyrrole nitrogens is 1. The molecule has 7 nitrogen and oxygen atoms in total. The molecular formula is C20H12ClN3O4S. The largest absolute Gasteiger partial charge is 0.324 e. The third-order valence-corrected chi connectivity index (χ3v) is 5.47. The van der Waals surface area contributed by atoms with Crippen LogP contribution in [-0.4, -0.2) is 33.2 Å². The van der Waals surface area contributed by atoms with Gasteiger partial charge in [0.2, 0.25) is 5.91 Å². The number of anilines is 1. The number of aromatic amines is 1. The zero-order chi connectivity index (χ0) is 20.5. The number of nitrogens with one attached hydrogen (secondary N) is 2. The van der Waals surface area contributed by atoms with Gasteiger partial charge in [-0.2, -0.15) is 0 Å². The highest BCUT2D eigenvalue weighted by Gasteiger charge is 2.30. The molecule has 0 fully saturated rings. The second-order valence-corrected chi connectivity index (χ2v) is 7.53. The van der Waals surface area contributed by atoms with E-state index >= 15 is 0 Å². The number of amides is 1. The number of carbonyl (C=O) groups excluding carboxylic acids is 3. The first-order valence-corrected chi connectivity index (χ1v) is 9.80. The molecule has 144 valence electrons. The van der Waals surface area contributed by atoms with Crippen molar-refractivity contribution < 1.29 is 14.4 Å². The summed E-state index contributed by atoms with van der Waals surface area (Å²) in [7, 11) is 0. The van der Waals surface area contributed by atoms with Crippen LogP contribution in [0, 0.1) is 0 Å². The monoisotopic (exact) mass is 425 g/mol. The van der Waals surface area contributed by atoms with Crippen molar-refractivity contribution in [3.63, 3.8) is 0 Å². The Kier molecular flexibility index (Phi) is 5.04. The normalized spacial score (nSPS) is 12.3. The maximum absolute atomic E-state index is 12.8. The van der Waals surface area contributed by atoms with E-state index in [0.29, 0.717) is 16.3 Å². The van der Waals surface area contributed by atoms with Gasteiger partial charge in [0, 0.05) is 34.5 Å². The predicted octanol–water partition coefficient (Wildman–Crippen LogP) is 2.93. The van der Waals surface area contributed by atoms with Crippen LogP contribution in [0.5, 0.6) is 0 Å². The van der Waals surface area contributed by atoms with E-state index in [1.165, 1.54) is 24.4 Å². The summed E-state index contributed by atoms with van der Waals surface area (Å²) in [5, 5.41) is 3.08. The first-order valence-electron chi connectivity index (χ1n) is 8.44. The van der Waals surface area contributed by atoms with Crippen molar-refractivity contribution in [2.24, 2.45) is 0 Å². The second-order valence-electron chi connectivity index (χ2n) is 6.16. The van der Waals surface area contributed by atoms with Crippen molar-refractivity contribution in [2.45, 2.75) is 5.16 Å². The lowest BCUT2D eigenvalue weighted by atomic mass is 9.84. The summed E-state index contributed by atoms with van der Waals surface area (Å²) in [5.74, 6) is -1.03. The molecule has 0 saturated carbocycles. The minimum absolute atomic E-state index is 0.0317. The number of carbonyl (C=O) groups is 3. The SMILES string of the molecule is O=C(CSc1nccc(=O)[nH]1)Nc1cc2c(cc1Cl)C(=O)c1ccccc1C2=O. The Hall–Kier alpha value is -3.23. The van der Waals surface area contributed by atoms with Crippen molar-refractivity contribution in [3.05, 3.63) is 86.3 Å². The molecule has 0 atom stereocenters. The molecule has 29 heavy (non-hydrogen) atoms. The Balaban J connectivity index is 1.56. The molecule has 9 heteroatoms. The van der Waals surface area contributed by atoms with Gasteiger partial charge in [0.1, 0.15) is 0 Å². The van der Waals surface area contributed by atoms with Gasteiger partial charge in [-0.1, -0.05) is 47.6 Å². The molecule has 0 radical (unpaired) electrons. The molecule has 4 rings (SSSR count). The molecule has 1 heterocycles. The van der Waals surface area contributed by atoms with Crippen LogP contribution in [-0.2, 0) is 4.79 Å². The number of benzene rings is 2. The number of thioether (sulfide) groups is 1. The van der Waals surface area contributed by atoms with E-state index < -0.39 is 5.91 Å². The van der Waals surface area contributed by atoms with Crippen molar-refractivity contribution in [3.8, 4) is 0 Å². The number of nitrogens with zero attached hydrogens (tertiary/aromatic N) is 1. The molecule has 0 spiro atoms. The van der Waals surface area contributed by atoms with Gasteiger partial charge in [0.05, 0.1) is 16.5 Å². The summed E-state index contributed by atoms with van der Waals surface area (Å²) >= 11 is 7.28. The lowest BCUT2D eigenvalue weighted by Crippen LogP contribution is -2.22. The van der Waals surface area contributed by atoms with Gasteiger partial charge in [-0.05, 0) is 12.1 Å². The highest BCUT2D eigenvalue weighted by Crippen LogP contribution is 2.33. The summed E-state index contributed by atoms with van der Waals surface area (Å²) in [6.45, 7) is 0. The maximum Gasteiger partial charge on any atom is 0.251 e. The van der Waals surface area contributed by atoms with Crippen molar-refractivity contribution in [1.82, 2.24) is 9.97 Å². The quantitative estimate of drug-likeness (QED) is 0.384. The number of hydrogen-bond donors (Lipinski definition) is 2. The van der Waals surface area contributed by atoms with E-state index in [1.54, 1.807) is 24.3 Å². The first-order chi connectivity index (χ1) is 13.9. The van der Waals surface area contributed by atoms with Gasteiger partial charge in [-0.15, -0.1) is 0 Å². The molecular weight excluding hydrogens is 414 g/mol. The van der Waals surface area contributed by atoms with E-state index in [-0.39, 0.29) is 44.7 Å². The van der Waals surface area contributed by atoms with Gasteiger partial charge in [-0.25, -0.2) is 4.98 Å². The summed E-state index contributed by atoms with van der Waals surface area (Å²) in [5.41, 5.74) is 0.959. The third kappa shape index (κ3) is 3.72. The van der Waals surface area contributed by atoms with Crippen molar-refractivity contribution >= 4 is 46.5 Å². The van der Waals surface area contributed by atoms with Crippen molar-refractivity contribution in [1.29, 1.82) is 0 Å². The lowest BCUT2D eigenvalue weighted by molar-refractivity contribution is -0.113. The van der Waals surface area contributed by atoms with E-state index in [9.17, 15) is 19.2 Å². The molecule has 1 amide bonds. The van der Waals surface area contributed by atoms with Crippen molar-refractivity contribution in [2.75, 3.05) is 11.1 Å². The summed E-state index contributed by atoms with van der Waals surface area (Å²) in [6, 6.07) is 10.7. The van der Waals surface area contributed by atoms with Crippen LogP contribution in [0.3, 0.4) is 0 Å². The number of fused-ring (bicyclic) bond motifs is 2. The molecule has 3 aromatic rings. The van der Waals surface area contributed by atoms with E-state index in [0.717, 1.165) is 11.8 Å². The lowest BCUT2D eigenvalue weighted by Gasteiger charge is -2.19. The molecule has 1 aliphatic carbocycles. The van der Waals surface area contributed by atoms with Crippen LogP contribution in [0.2, 0.25) is 5.02 Å². The summed E-state index contributed by atoms with van der Waals surface area (Å²) in [6.07, 6.45) is 1.35. The molecule has 0 saturated heterocycles. The Labute approximate surface area is 173 Å². The molecule has 1 aliphatic rings. The van der Waals surface area contributed by atoms with E-state index in [4.69, 9.17) is 11.6 Å². The topological polar surface area (TPSA) is 109 Å². The minimum atomic E-state index is -0.404. The Morgan fingerprint density at radius 3 is 2.31 bits per heavy atom. The van der Waals surface area contributed by atoms with Crippen LogP contribution >= 0.6 is 23.4 Å². The zero-order valence-electron chi connectivity index (χ0n) is 14.7. The van der Waals surface area contributed by atoms with Crippen LogP contribution in [0.25, 0.3) is 0 Å². The molecule has 0 unspecified atom stereocenters. The second kappa shape index (κ2) is 7.65. The zero-order valence-corrected chi connectivity index (χ0v) is 16.3. The highest BCUT2D eigenvalue weighted by atomic mass is 35.5. The van der Waals surface area contributed by atoms with E-state index in [1.807, 2.05) is 0 Å². The smallest absolute Gasteiger partial charge is 0.251 e. The predicted molar refractivity (Wildman–Crippen MR) is 109 cm³/mol. The van der Waals surface area contributed by atoms with Crippen LogP contribution in [0.15, 0.2) is 58.6 Å². The molecule has 2 aromatic carbocycles. The average Bonchev–Trinajstić information content (AvgIpc) is 2.72. The van der Waals surface area contributed by atoms with Gasteiger partial charge in [-0.3, -0.25) is 19.2 Å². The van der Waals surface area contributed by atoms with Gasteiger partial charge in [0.25, 0.3) is 5.56 Å². The van der Waals surface area contributed by atoms with Crippen LogP contribution in [0.4, 0.5) is 5.69 Å². The number of halogens is 1. The van der Waals surface area contributed by atoms with Crippen LogP contribution < -0.4 is 10.9 Å². The summed E-state index contributed by atoms with van der Waals surface area (Å²) < 4.78 is 0. The number of aromatic nitrogens is 2. The fourth-order valence-electron chi connectivity index (χ4n) is 2.96. The standard InChI is InChI=1S/C20H12ClN3O4S/c21-14-7-12-13(19(28)11-4-2-1-3-10(11)18(12)27)8-15(14)23-17(26)9-29-20-22-6-5-16(25)24-20/h1-8H,9H2,(H,23,26)(H,22,24,25). The molecule has 0 aliphatic heterocycles. The molecule has 2 N–H and O–H groups in total. The highest BCUT2D eigenvalue weighted by molar-refractivity contribution is 7.99. The Bertz CT molecular complexity index is 1240. The van der Waals surface area contributed by atoms with Gasteiger partial charge >= 0.3 is 0 Å². The van der Waals surface area contributed by atoms with E-state index in [2.05, 4.69) is 15.3 Å². The third-order valence-electron chi connectivity index (χ3n) is 4.27. The van der Waals surface area contributed by atoms with Gasteiger partial charge < -0.3 is 10.3 Å². The Morgan fingerprint density at radius 2 is 1.66 bits per heavy atom.